The third-order valence-electron chi connectivity index (χ3n) is 5.44. The van der Waals surface area contributed by atoms with Crippen molar-refractivity contribution in [3.63, 3.8) is 0 Å². The Hall–Kier alpha value is -2.06. The first kappa shape index (κ1) is 20.2. The lowest BCUT2D eigenvalue weighted by Crippen LogP contribution is -2.33. The number of aromatic nitrogens is 1. The van der Waals surface area contributed by atoms with Gasteiger partial charge in [0.1, 0.15) is 19.1 Å². The van der Waals surface area contributed by atoms with Crippen molar-refractivity contribution in [3.8, 4) is 0 Å². The van der Waals surface area contributed by atoms with Crippen molar-refractivity contribution in [3.05, 3.63) is 75.9 Å². The highest BCUT2D eigenvalue weighted by Gasteiger charge is 2.31. The summed E-state index contributed by atoms with van der Waals surface area (Å²) in [5, 5.41) is 32.3. The molecule has 1 aliphatic heterocycles. The van der Waals surface area contributed by atoms with E-state index >= 15 is 0 Å². The molecule has 2 heterocycles. The summed E-state index contributed by atoms with van der Waals surface area (Å²) in [5.41, 5.74) is 3.32. The molecule has 3 atom stereocenters. The van der Waals surface area contributed by atoms with Gasteiger partial charge in [-0.2, -0.15) is 0 Å². The number of nitrogens with zero attached hydrogens (tertiary/aromatic N) is 2. The zero-order chi connectivity index (χ0) is 20.5. The fourth-order valence-corrected chi connectivity index (χ4v) is 4.04. The zero-order valence-corrected chi connectivity index (χ0v) is 16.8. The van der Waals surface area contributed by atoms with Crippen LogP contribution < -0.4 is 0 Å². The largest absolute Gasteiger partial charge is 0.393 e. The summed E-state index contributed by atoms with van der Waals surface area (Å²) in [4.78, 5) is 6.36. The van der Waals surface area contributed by atoms with Crippen LogP contribution in [0, 0.1) is 0 Å². The molecule has 0 bridgehead atoms. The van der Waals surface area contributed by atoms with Gasteiger partial charge in [-0.1, -0.05) is 48.0 Å². The van der Waals surface area contributed by atoms with Crippen LogP contribution >= 0.6 is 11.6 Å². The molecule has 0 radical (unpaired) electrons. The molecule has 29 heavy (non-hydrogen) atoms. The lowest BCUT2D eigenvalue weighted by atomic mass is 9.98. The van der Waals surface area contributed by atoms with Gasteiger partial charge in [0.25, 0.3) is 0 Å². The fourth-order valence-electron chi connectivity index (χ4n) is 3.81. The average molecular weight is 415 g/mol. The molecule has 4 rings (SSSR count). The fraction of sp³-hybridized carbons (Fsp3) is 0.318. The summed E-state index contributed by atoms with van der Waals surface area (Å²) in [6, 6.07) is 14.6. The first-order valence-electron chi connectivity index (χ1n) is 9.48. The van der Waals surface area contributed by atoms with Crippen molar-refractivity contribution in [1.29, 1.82) is 0 Å². The van der Waals surface area contributed by atoms with Gasteiger partial charge in [0.05, 0.1) is 29.4 Å². The van der Waals surface area contributed by atoms with E-state index in [1.54, 1.807) is 11.0 Å². The van der Waals surface area contributed by atoms with Crippen LogP contribution in [0.2, 0.25) is 5.02 Å². The summed E-state index contributed by atoms with van der Waals surface area (Å²) in [6.07, 6.45) is -2.04. The van der Waals surface area contributed by atoms with Crippen LogP contribution in [0.1, 0.15) is 47.7 Å². The highest BCUT2D eigenvalue weighted by molar-refractivity contribution is 6.35. The van der Waals surface area contributed by atoms with Gasteiger partial charge in [-0.3, -0.25) is 0 Å². The molecule has 1 aliphatic rings. The maximum atomic E-state index is 11.1. The molecule has 1 aromatic heterocycles. The van der Waals surface area contributed by atoms with Gasteiger partial charge >= 0.3 is 0 Å². The van der Waals surface area contributed by atoms with Gasteiger partial charge in [-0.25, -0.2) is 9.88 Å². The summed E-state index contributed by atoms with van der Waals surface area (Å²) >= 11 is 6.28. The number of benzene rings is 2. The Labute approximate surface area is 173 Å². The van der Waals surface area contributed by atoms with Crippen LogP contribution in [0.15, 0.2) is 48.5 Å². The Morgan fingerprint density at radius 2 is 2.03 bits per heavy atom. The first-order chi connectivity index (χ1) is 14.0. The van der Waals surface area contributed by atoms with E-state index in [1.807, 2.05) is 49.4 Å². The van der Waals surface area contributed by atoms with Gasteiger partial charge in [0.15, 0.2) is 0 Å². The molecule has 0 aliphatic carbocycles. The van der Waals surface area contributed by atoms with Crippen molar-refractivity contribution in [1.82, 2.24) is 9.88 Å². The topological polar surface area (TPSA) is 86.1 Å². The van der Waals surface area contributed by atoms with E-state index in [9.17, 15) is 15.3 Å². The van der Waals surface area contributed by atoms with E-state index in [1.165, 1.54) is 0 Å². The van der Waals surface area contributed by atoms with Crippen molar-refractivity contribution in [2.24, 2.45) is 0 Å². The predicted molar refractivity (Wildman–Crippen MR) is 110 cm³/mol. The highest BCUT2D eigenvalue weighted by Crippen LogP contribution is 2.37. The van der Waals surface area contributed by atoms with Crippen molar-refractivity contribution in [2.75, 3.05) is 13.3 Å². The molecule has 6 nitrogen and oxygen atoms in total. The summed E-state index contributed by atoms with van der Waals surface area (Å²) < 4.78 is 5.79. The second kappa shape index (κ2) is 8.36. The van der Waals surface area contributed by atoms with Gasteiger partial charge in [0.2, 0.25) is 0 Å². The number of ether oxygens (including phenoxy) is 1. The molecule has 2 unspecified atom stereocenters. The Kier molecular flexibility index (Phi) is 5.83. The summed E-state index contributed by atoms with van der Waals surface area (Å²) in [6.45, 7) is 2.07. The molecule has 3 N–H and O–H groups in total. The number of fused-ring (bicyclic) bond motifs is 2. The maximum absolute atomic E-state index is 11.1. The summed E-state index contributed by atoms with van der Waals surface area (Å²) in [7, 11) is 0. The molecule has 2 aromatic carbocycles. The number of hydrogen-bond donors (Lipinski definition) is 3. The number of aliphatic hydroxyl groups is 3. The quantitative estimate of drug-likeness (QED) is 0.606. The molecular formula is C22H23ClN2O4. The Morgan fingerprint density at radius 3 is 2.83 bits per heavy atom. The number of halogens is 1. The molecule has 0 amide bonds. The minimum Gasteiger partial charge on any atom is -0.393 e. The minimum atomic E-state index is -1.16. The Balaban J connectivity index is 1.80. The van der Waals surface area contributed by atoms with E-state index in [0.717, 1.165) is 16.5 Å². The maximum Gasteiger partial charge on any atom is 0.136 e. The van der Waals surface area contributed by atoms with Crippen LogP contribution in [-0.2, 0) is 11.3 Å². The van der Waals surface area contributed by atoms with E-state index in [0.29, 0.717) is 28.4 Å². The number of para-hydroxylation sites is 1. The minimum absolute atomic E-state index is 0.208. The van der Waals surface area contributed by atoms with Gasteiger partial charge < -0.3 is 20.1 Å². The molecule has 7 heteroatoms. The third-order valence-corrected chi connectivity index (χ3v) is 5.74. The lowest BCUT2D eigenvalue weighted by Gasteiger charge is -2.33. The zero-order valence-electron chi connectivity index (χ0n) is 16.0. The standard InChI is InChI=1S/C22H23ClN2O4/c1-13(25-12-29-11-15-5-2-3-7-16(15)22(25)28)17-9-14-6-4-8-18(23)20(14)24-21(17)19(27)10-26/h2-9,13,19,22,26-28H,10-12H2,1H3/t13-,19?,22?/m0/s1. The van der Waals surface area contributed by atoms with Crippen LogP contribution in [0.4, 0.5) is 0 Å². The van der Waals surface area contributed by atoms with E-state index < -0.39 is 18.9 Å². The first-order valence-corrected chi connectivity index (χ1v) is 9.86. The second-order valence-corrected chi connectivity index (χ2v) is 7.62. The SMILES string of the molecule is C[C@@H](c1cc2cccc(Cl)c2nc1C(O)CO)N1COCc2ccccc2C1O. The molecule has 0 saturated carbocycles. The number of aliphatic hydroxyl groups excluding tert-OH is 3. The monoisotopic (exact) mass is 414 g/mol. The van der Waals surface area contributed by atoms with Crippen LogP contribution in [0.25, 0.3) is 10.9 Å². The van der Waals surface area contributed by atoms with E-state index in [2.05, 4.69) is 4.98 Å². The molecule has 3 aromatic rings. The molecule has 0 fully saturated rings. The second-order valence-electron chi connectivity index (χ2n) is 7.21. The van der Waals surface area contributed by atoms with Gasteiger partial charge in [0, 0.05) is 17.0 Å². The van der Waals surface area contributed by atoms with Gasteiger partial charge in [-0.15, -0.1) is 0 Å². The van der Waals surface area contributed by atoms with Crippen LogP contribution in [-0.4, -0.2) is 38.5 Å². The van der Waals surface area contributed by atoms with Crippen LogP contribution in [0.3, 0.4) is 0 Å². The number of hydrogen-bond acceptors (Lipinski definition) is 6. The van der Waals surface area contributed by atoms with E-state index in [-0.39, 0.29) is 12.8 Å². The van der Waals surface area contributed by atoms with Gasteiger partial charge in [-0.05, 0) is 30.2 Å². The number of rotatable bonds is 4. The van der Waals surface area contributed by atoms with Crippen LogP contribution in [0.5, 0.6) is 0 Å². The molecular weight excluding hydrogens is 392 g/mol. The summed E-state index contributed by atoms with van der Waals surface area (Å²) in [5.74, 6) is 0. The molecule has 152 valence electrons. The van der Waals surface area contributed by atoms with Crippen molar-refractivity contribution in [2.45, 2.75) is 31.9 Å². The highest BCUT2D eigenvalue weighted by atomic mass is 35.5. The average Bonchev–Trinajstić information content (AvgIpc) is 2.91. The normalized spacial score (nSPS) is 19.6. The molecule has 0 saturated heterocycles. The Bertz CT molecular complexity index is 1030. The van der Waals surface area contributed by atoms with E-state index in [4.69, 9.17) is 16.3 Å². The lowest BCUT2D eigenvalue weighted by molar-refractivity contribution is -0.0894. The molecule has 0 spiro atoms. The van der Waals surface area contributed by atoms with Crippen molar-refractivity contribution < 1.29 is 20.1 Å². The smallest absolute Gasteiger partial charge is 0.136 e. The van der Waals surface area contributed by atoms with Crippen molar-refractivity contribution >= 4 is 22.5 Å². The number of pyridine rings is 1. The third kappa shape index (κ3) is 3.75. The Morgan fingerprint density at radius 1 is 1.24 bits per heavy atom. The predicted octanol–water partition coefficient (Wildman–Crippen LogP) is 3.46.